The summed E-state index contributed by atoms with van der Waals surface area (Å²) in [7, 11) is 0. The van der Waals surface area contributed by atoms with Crippen molar-refractivity contribution in [3.8, 4) is 0 Å². The maximum Gasteiger partial charge on any atom is 0.185 e. The molecule has 0 fully saturated rings. The Morgan fingerprint density at radius 2 is 1.57 bits per heavy atom. The molecule has 3 heteroatoms. The van der Waals surface area contributed by atoms with Crippen LogP contribution in [-0.4, -0.2) is 5.78 Å². The molecule has 2 rings (SSSR count). The molecular weight excluding hydrogens is 331 g/mol. The minimum Gasteiger partial charge on any atom is -0.289 e. The average Bonchev–Trinajstić information content (AvgIpc) is 2.48. The number of carbonyl (C=O) groups is 1. The average molecular weight is 345 g/mol. The lowest BCUT2D eigenvalue weighted by molar-refractivity contribution is 0.104. The molecule has 21 heavy (non-hydrogen) atoms. The second-order valence-electron chi connectivity index (χ2n) is 4.52. The first-order chi connectivity index (χ1) is 10.1. The minimum absolute atomic E-state index is 0.155. The molecule has 2 aromatic carbocycles. The normalized spacial score (nSPS) is 12.3. The number of halogens is 2. The maximum absolute atomic E-state index is 12.8. The van der Waals surface area contributed by atoms with Crippen LogP contribution in [0, 0.1) is 5.82 Å². The molecule has 106 valence electrons. The van der Waals surface area contributed by atoms with E-state index in [1.807, 2.05) is 37.3 Å². The topological polar surface area (TPSA) is 17.1 Å². The van der Waals surface area contributed by atoms with Gasteiger partial charge in [-0.1, -0.05) is 46.3 Å². The Hall–Kier alpha value is -2.00. The first-order valence-corrected chi connectivity index (χ1v) is 7.27. The highest BCUT2D eigenvalue weighted by atomic mass is 79.9. The summed E-state index contributed by atoms with van der Waals surface area (Å²) in [6.45, 7) is 1.93. The zero-order valence-electron chi connectivity index (χ0n) is 11.5. The van der Waals surface area contributed by atoms with Gasteiger partial charge in [0.2, 0.25) is 0 Å². The molecule has 0 atom stereocenters. The fraction of sp³-hybridized carbons (Fsp3) is 0.0556. The fourth-order valence-corrected chi connectivity index (χ4v) is 2.26. The van der Waals surface area contributed by atoms with Crippen LogP contribution < -0.4 is 0 Å². The molecular formula is C18H14BrFO. The molecule has 0 unspecified atom stereocenters. The predicted molar refractivity (Wildman–Crippen MR) is 87.8 cm³/mol. The van der Waals surface area contributed by atoms with E-state index in [1.54, 1.807) is 6.08 Å². The van der Waals surface area contributed by atoms with Crippen molar-refractivity contribution in [1.82, 2.24) is 0 Å². The molecule has 1 nitrogen and oxygen atoms in total. The molecule has 0 aliphatic rings. The summed E-state index contributed by atoms with van der Waals surface area (Å²) in [5.74, 6) is -0.506. The minimum atomic E-state index is -0.350. The van der Waals surface area contributed by atoms with E-state index in [1.165, 1.54) is 30.3 Å². The van der Waals surface area contributed by atoms with Crippen LogP contribution >= 0.6 is 15.9 Å². The molecule has 0 saturated heterocycles. The lowest BCUT2D eigenvalue weighted by Crippen LogP contribution is -1.94. The van der Waals surface area contributed by atoms with E-state index < -0.39 is 0 Å². The number of carbonyl (C=O) groups excluding carboxylic acids is 1. The second-order valence-corrected chi connectivity index (χ2v) is 5.71. The summed E-state index contributed by atoms with van der Waals surface area (Å²) < 4.78 is 13.8. The summed E-state index contributed by atoms with van der Waals surface area (Å²) in [4.78, 5) is 12.1. The van der Waals surface area contributed by atoms with E-state index in [2.05, 4.69) is 15.9 Å². The number of hydrogen-bond donors (Lipinski definition) is 0. The molecule has 0 saturated carbocycles. The lowest BCUT2D eigenvalue weighted by atomic mass is 10.0. The van der Waals surface area contributed by atoms with Crippen LogP contribution in [0.3, 0.4) is 0 Å². The molecule has 0 bridgehead atoms. The van der Waals surface area contributed by atoms with Gasteiger partial charge in [-0.3, -0.25) is 4.79 Å². The number of benzene rings is 2. The van der Waals surface area contributed by atoms with E-state index in [-0.39, 0.29) is 11.6 Å². The number of allylic oxidation sites excluding steroid dienone is 4. The monoisotopic (exact) mass is 344 g/mol. The first kappa shape index (κ1) is 15.4. The Labute approximate surface area is 131 Å². The first-order valence-electron chi connectivity index (χ1n) is 6.47. The van der Waals surface area contributed by atoms with Crippen LogP contribution in [0.25, 0.3) is 5.57 Å². The van der Waals surface area contributed by atoms with Gasteiger partial charge in [0.25, 0.3) is 0 Å². The number of rotatable bonds is 4. The standard InChI is InChI=1S/C18H14BrFO/c1-13(19)17(14-5-3-2-4-6-14)11-12-18(21)15-7-9-16(20)10-8-15/h2-12H,1H3. The van der Waals surface area contributed by atoms with Crippen LogP contribution in [-0.2, 0) is 0 Å². The van der Waals surface area contributed by atoms with Gasteiger partial charge in [0, 0.05) is 5.56 Å². The highest BCUT2D eigenvalue weighted by molar-refractivity contribution is 9.11. The van der Waals surface area contributed by atoms with Gasteiger partial charge in [-0.25, -0.2) is 4.39 Å². The van der Waals surface area contributed by atoms with E-state index >= 15 is 0 Å². The zero-order chi connectivity index (χ0) is 15.2. The van der Waals surface area contributed by atoms with Crippen molar-refractivity contribution in [3.05, 3.63) is 88.2 Å². The van der Waals surface area contributed by atoms with Crippen molar-refractivity contribution in [1.29, 1.82) is 0 Å². The Bertz CT molecular complexity index is 681. The van der Waals surface area contributed by atoms with Gasteiger partial charge in [0.15, 0.2) is 5.78 Å². The summed E-state index contributed by atoms with van der Waals surface area (Å²) in [5, 5.41) is 0. The third-order valence-electron chi connectivity index (χ3n) is 2.99. The van der Waals surface area contributed by atoms with E-state index in [0.717, 1.165) is 15.6 Å². The van der Waals surface area contributed by atoms with Gasteiger partial charge in [-0.05, 0) is 59.0 Å². The summed E-state index contributed by atoms with van der Waals surface area (Å²) in [6, 6.07) is 15.3. The summed E-state index contributed by atoms with van der Waals surface area (Å²) in [5.41, 5.74) is 2.42. The van der Waals surface area contributed by atoms with E-state index in [9.17, 15) is 9.18 Å². The molecule has 0 radical (unpaired) electrons. The van der Waals surface area contributed by atoms with Gasteiger partial charge >= 0.3 is 0 Å². The van der Waals surface area contributed by atoms with Crippen molar-refractivity contribution in [2.24, 2.45) is 0 Å². The summed E-state index contributed by atoms with van der Waals surface area (Å²) in [6.07, 6.45) is 3.27. The van der Waals surface area contributed by atoms with Gasteiger partial charge in [-0.2, -0.15) is 0 Å². The van der Waals surface area contributed by atoms with Gasteiger partial charge in [-0.15, -0.1) is 0 Å². The van der Waals surface area contributed by atoms with Crippen molar-refractivity contribution in [2.45, 2.75) is 6.92 Å². The number of ketones is 1. The number of hydrogen-bond acceptors (Lipinski definition) is 1. The third-order valence-corrected chi connectivity index (χ3v) is 3.41. The molecule has 0 aliphatic carbocycles. The van der Waals surface area contributed by atoms with Crippen LogP contribution in [0.1, 0.15) is 22.8 Å². The molecule has 0 aliphatic heterocycles. The Kier molecular flexibility index (Phi) is 5.23. The van der Waals surface area contributed by atoms with Crippen molar-refractivity contribution < 1.29 is 9.18 Å². The Balaban J connectivity index is 2.24. The molecule has 2 aromatic rings. The predicted octanol–water partition coefficient (Wildman–Crippen LogP) is 5.39. The second kappa shape index (κ2) is 7.14. The Morgan fingerprint density at radius 1 is 0.952 bits per heavy atom. The van der Waals surface area contributed by atoms with Gasteiger partial charge in [0.1, 0.15) is 5.82 Å². The Morgan fingerprint density at radius 3 is 2.14 bits per heavy atom. The fourth-order valence-electron chi connectivity index (χ4n) is 1.90. The molecule has 0 N–H and O–H groups in total. The van der Waals surface area contributed by atoms with Crippen LogP contribution in [0.15, 0.2) is 71.2 Å². The SMILES string of the molecule is CC(Br)=C(C=CC(=O)c1ccc(F)cc1)c1ccccc1. The maximum atomic E-state index is 12.8. The van der Waals surface area contributed by atoms with Gasteiger partial charge in [0.05, 0.1) is 0 Å². The third kappa shape index (κ3) is 4.23. The highest BCUT2D eigenvalue weighted by Crippen LogP contribution is 2.23. The largest absolute Gasteiger partial charge is 0.289 e. The summed E-state index contributed by atoms with van der Waals surface area (Å²) >= 11 is 3.46. The van der Waals surface area contributed by atoms with Gasteiger partial charge < -0.3 is 0 Å². The highest BCUT2D eigenvalue weighted by Gasteiger charge is 2.04. The lowest BCUT2D eigenvalue weighted by Gasteiger charge is -2.04. The van der Waals surface area contributed by atoms with E-state index in [0.29, 0.717) is 5.56 Å². The van der Waals surface area contributed by atoms with Crippen molar-refractivity contribution >= 4 is 27.3 Å². The van der Waals surface area contributed by atoms with Crippen LogP contribution in [0.2, 0.25) is 0 Å². The smallest absolute Gasteiger partial charge is 0.185 e. The van der Waals surface area contributed by atoms with E-state index in [4.69, 9.17) is 0 Å². The molecule has 0 aromatic heterocycles. The van der Waals surface area contributed by atoms with Crippen LogP contribution in [0.4, 0.5) is 4.39 Å². The molecule has 0 heterocycles. The quantitative estimate of drug-likeness (QED) is 0.412. The van der Waals surface area contributed by atoms with Crippen LogP contribution in [0.5, 0.6) is 0 Å². The molecule has 0 spiro atoms. The van der Waals surface area contributed by atoms with Crippen molar-refractivity contribution in [3.63, 3.8) is 0 Å². The zero-order valence-corrected chi connectivity index (χ0v) is 13.1. The molecule has 0 amide bonds. The van der Waals surface area contributed by atoms with Crippen molar-refractivity contribution in [2.75, 3.05) is 0 Å².